The van der Waals surface area contributed by atoms with Crippen molar-refractivity contribution in [3.05, 3.63) is 0 Å². The van der Waals surface area contributed by atoms with Crippen LogP contribution in [0.3, 0.4) is 0 Å². The van der Waals surface area contributed by atoms with Gasteiger partial charge in [0.1, 0.15) is 0 Å². The summed E-state index contributed by atoms with van der Waals surface area (Å²) < 4.78 is 0. The first-order valence-electron chi connectivity index (χ1n) is 8.21. The van der Waals surface area contributed by atoms with E-state index in [2.05, 4.69) is 39.9 Å². The molecule has 1 saturated carbocycles. The van der Waals surface area contributed by atoms with Gasteiger partial charge >= 0.3 is 0 Å². The molecule has 1 heterocycles. The Hall–Kier alpha value is -0.570. The zero-order valence-corrected chi connectivity index (χ0v) is 14.0. The van der Waals surface area contributed by atoms with Gasteiger partial charge < -0.3 is 10.2 Å². The lowest BCUT2D eigenvalue weighted by molar-refractivity contribution is -0.128. The van der Waals surface area contributed by atoms with Crippen LogP contribution in [0.15, 0.2) is 0 Å². The number of rotatable bonds is 4. The summed E-state index contributed by atoms with van der Waals surface area (Å²) in [5.74, 6) is 0.336. The third-order valence-electron chi connectivity index (χ3n) is 4.74. The van der Waals surface area contributed by atoms with Crippen molar-refractivity contribution in [1.82, 2.24) is 10.2 Å². The Morgan fingerprint density at radius 3 is 2.35 bits per heavy atom. The van der Waals surface area contributed by atoms with Crippen LogP contribution in [0.2, 0.25) is 0 Å². The molecule has 116 valence electrons. The normalized spacial score (nSPS) is 27.9. The van der Waals surface area contributed by atoms with E-state index in [1.54, 1.807) is 0 Å². The molecule has 2 rings (SSSR count). The van der Waals surface area contributed by atoms with Crippen LogP contribution in [0.4, 0.5) is 0 Å². The van der Waals surface area contributed by atoms with Crippen molar-refractivity contribution < 1.29 is 4.79 Å². The standard InChI is InChI=1S/C17H32N2O/c1-13(11-19-8-6-7-15(19)20)18-14-9-16(2,3)12-17(4,5)10-14/h13-14,18H,6-12H2,1-5H3. The lowest BCUT2D eigenvalue weighted by Crippen LogP contribution is -2.49. The molecule has 2 aliphatic rings. The molecule has 1 unspecified atom stereocenters. The molecule has 1 aliphatic heterocycles. The summed E-state index contributed by atoms with van der Waals surface area (Å²) in [6.45, 7) is 13.6. The van der Waals surface area contributed by atoms with E-state index in [1.807, 2.05) is 4.90 Å². The fourth-order valence-electron chi connectivity index (χ4n) is 4.65. The van der Waals surface area contributed by atoms with Crippen LogP contribution in [0.25, 0.3) is 0 Å². The van der Waals surface area contributed by atoms with Gasteiger partial charge in [-0.3, -0.25) is 4.79 Å². The Bertz CT molecular complexity index is 346. The van der Waals surface area contributed by atoms with E-state index in [4.69, 9.17) is 0 Å². The molecule has 0 aromatic heterocycles. The van der Waals surface area contributed by atoms with E-state index in [9.17, 15) is 4.79 Å². The molecular weight excluding hydrogens is 248 g/mol. The molecule has 1 amide bonds. The van der Waals surface area contributed by atoms with Crippen LogP contribution in [0.1, 0.15) is 66.7 Å². The third kappa shape index (κ3) is 4.21. The summed E-state index contributed by atoms with van der Waals surface area (Å²) in [5.41, 5.74) is 0.838. The summed E-state index contributed by atoms with van der Waals surface area (Å²) >= 11 is 0. The van der Waals surface area contributed by atoms with Crippen LogP contribution < -0.4 is 5.32 Å². The lowest BCUT2D eigenvalue weighted by atomic mass is 9.63. The van der Waals surface area contributed by atoms with Crippen molar-refractivity contribution in [2.75, 3.05) is 13.1 Å². The molecule has 1 saturated heterocycles. The van der Waals surface area contributed by atoms with Gasteiger partial charge in [-0.05, 0) is 43.4 Å². The SMILES string of the molecule is CC(CN1CCCC1=O)NC1CC(C)(C)CC(C)(C)C1. The molecule has 20 heavy (non-hydrogen) atoms. The molecule has 3 nitrogen and oxygen atoms in total. The lowest BCUT2D eigenvalue weighted by Gasteiger charge is -2.46. The average molecular weight is 280 g/mol. The van der Waals surface area contributed by atoms with Crippen LogP contribution in [0, 0.1) is 10.8 Å². The molecule has 0 bridgehead atoms. The van der Waals surface area contributed by atoms with E-state index >= 15 is 0 Å². The van der Waals surface area contributed by atoms with Crippen molar-refractivity contribution in [3.63, 3.8) is 0 Å². The number of carbonyl (C=O) groups excluding carboxylic acids is 1. The third-order valence-corrected chi connectivity index (χ3v) is 4.74. The minimum Gasteiger partial charge on any atom is -0.341 e. The number of amides is 1. The zero-order chi connectivity index (χ0) is 15.0. The Labute approximate surface area is 124 Å². The van der Waals surface area contributed by atoms with Crippen molar-refractivity contribution in [1.29, 1.82) is 0 Å². The minimum atomic E-state index is 0.336. The molecule has 3 heteroatoms. The minimum absolute atomic E-state index is 0.336. The highest BCUT2D eigenvalue weighted by molar-refractivity contribution is 5.78. The number of nitrogens with one attached hydrogen (secondary N) is 1. The smallest absolute Gasteiger partial charge is 0.222 e. The van der Waals surface area contributed by atoms with Gasteiger partial charge in [-0.2, -0.15) is 0 Å². The Kier molecular flexibility index (Phi) is 4.48. The van der Waals surface area contributed by atoms with Crippen LogP contribution in [-0.4, -0.2) is 36.0 Å². The summed E-state index contributed by atoms with van der Waals surface area (Å²) in [6.07, 6.45) is 5.58. The highest BCUT2D eigenvalue weighted by atomic mass is 16.2. The molecule has 2 fully saturated rings. The summed E-state index contributed by atoms with van der Waals surface area (Å²) in [6, 6.07) is 0.980. The quantitative estimate of drug-likeness (QED) is 0.857. The molecule has 1 atom stereocenters. The second-order valence-corrected chi connectivity index (χ2v) is 8.62. The zero-order valence-electron chi connectivity index (χ0n) is 14.0. The summed E-state index contributed by atoms with van der Waals surface area (Å²) in [4.78, 5) is 13.7. The highest BCUT2D eigenvalue weighted by Crippen LogP contribution is 2.45. The fraction of sp³-hybridized carbons (Fsp3) is 0.941. The van der Waals surface area contributed by atoms with Gasteiger partial charge in [0.2, 0.25) is 5.91 Å². The molecule has 0 radical (unpaired) electrons. The van der Waals surface area contributed by atoms with Gasteiger partial charge in [-0.1, -0.05) is 27.7 Å². The number of hydrogen-bond acceptors (Lipinski definition) is 2. The van der Waals surface area contributed by atoms with Gasteiger partial charge in [0.15, 0.2) is 0 Å². The van der Waals surface area contributed by atoms with E-state index in [1.165, 1.54) is 19.3 Å². The molecular formula is C17H32N2O. The van der Waals surface area contributed by atoms with E-state index < -0.39 is 0 Å². The van der Waals surface area contributed by atoms with Gasteiger partial charge in [-0.15, -0.1) is 0 Å². The maximum atomic E-state index is 11.7. The first kappa shape index (κ1) is 15.8. The molecule has 0 aromatic rings. The van der Waals surface area contributed by atoms with Crippen molar-refractivity contribution in [2.45, 2.75) is 78.8 Å². The van der Waals surface area contributed by atoms with Crippen LogP contribution in [-0.2, 0) is 4.79 Å². The number of likely N-dealkylation sites (tertiary alicyclic amines) is 1. The van der Waals surface area contributed by atoms with Crippen molar-refractivity contribution in [3.8, 4) is 0 Å². The van der Waals surface area contributed by atoms with E-state index in [0.29, 0.717) is 28.8 Å². The second kappa shape index (κ2) is 5.67. The van der Waals surface area contributed by atoms with Crippen molar-refractivity contribution in [2.24, 2.45) is 10.8 Å². The number of hydrogen-bond donors (Lipinski definition) is 1. The maximum absolute atomic E-state index is 11.7. The monoisotopic (exact) mass is 280 g/mol. The predicted octanol–water partition coefficient (Wildman–Crippen LogP) is 3.19. The topological polar surface area (TPSA) is 32.3 Å². The molecule has 0 aromatic carbocycles. The largest absolute Gasteiger partial charge is 0.341 e. The Morgan fingerprint density at radius 2 is 1.85 bits per heavy atom. The summed E-state index contributed by atoms with van der Waals surface area (Å²) in [5, 5.41) is 3.78. The van der Waals surface area contributed by atoms with Gasteiger partial charge in [0.05, 0.1) is 0 Å². The Balaban J connectivity index is 1.87. The van der Waals surface area contributed by atoms with Crippen LogP contribution in [0.5, 0.6) is 0 Å². The summed E-state index contributed by atoms with van der Waals surface area (Å²) in [7, 11) is 0. The predicted molar refractivity (Wildman–Crippen MR) is 83.6 cm³/mol. The van der Waals surface area contributed by atoms with Crippen LogP contribution >= 0.6 is 0 Å². The first-order chi connectivity index (χ1) is 9.17. The van der Waals surface area contributed by atoms with Crippen molar-refractivity contribution >= 4 is 5.91 Å². The fourth-order valence-corrected chi connectivity index (χ4v) is 4.65. The van der Waals surface area contributed by atoms with E-state index in [0.717, 1.165) is 25.9 Å². The average Bonchev–Trinajstić information content (AvgIpc) is 2.58. The molecule has 1 N–H and O–H groups in total. The number of nitrogens with zero attached hydrogens (tertiary/aromatic N) is 1. The van der Waals surface area contributed by atoms with Gasteiger partial charge in [-0.25, -0.2) is 0 Å². The first-order valence-corrected chi connectivity index (χ1v) is 8.21. The highest BCUT2D eigenvalue weighted by Gasteiger charge is 2.38. The van der Waals surface area contributed by atoms with Gasteiger partial charge in [0.25, 0.3) is 0 Å². The van der Waals surface area contributed by atoms with Gasteiger partial charge in [0, 0.05) is 31.6 Å². The molecule has 0 spiro atoms. The number of carbonyl (C=O) groups is 1. The maximum Gasteiger partial charge on any atom is 0.222 e. The van der Waals surface area contributed by atoms with E-state index in [-0.39, 0.29) is 0 Å². The Morgan fingerprint density at radius 1 is 1.25 bits per heavy atom. The molecule has 1 aliphatic carbocycles. The second-order valence-electron chi connectivity index (χ2n) is 8.62.